The highest BCUT2D eigenvalue weighted by molar-refractivity contribution is 4.66. The molecule has 0 aromatic carbocycles. The zero-order chi connectivity index (χ0) is 9.19. The summed E-state index contributed by atoms with van der Waals surface area (Å²) >= 11 is 0. The van der Waals surface area contributed by atoms with Crippen LogP contribution in [0.4, 0.5) is 0 Å². The molecule has 1 aliphatic heterocycles. The molecular formula is C9H18O3. The molecular weight excluding hydrogens is 156 g/mol. The van der Waals surface area contributed by atoms with Crippen molar-refractivity contribution in [3.63, 3.8) is 0 Å². The zero-order valence-electron chi connectivity index (χ0n) is 8.29. The lowest BCUT2D eigenvalue weighted by atomic mass is 10.2. The minimum atomic E-state index is -0.0881. The Labute approximate surface area is 74.0 Å². The van der Waals surface area contributed by atoms with Crippen LogP contribution in [-0.2, 0) is 14.2 Å². The van der Waals surface area contributed by atoms with Crippen LogP contribution in [0.3, 0.4) is 0 Å². The summed E-state index contributed by atoms with van der Waals surface area (Å²) < 4.78 is 16.2. The first kappa shape index (κ1) is 9.96. The largest absolute Gasteiger partial charge is 0.373 e. The molecule has 1 aliphatic rings. The van der Waals surface area contributed by atoms with Gasteiger partial charge in [0.25, 0.3) is 0 Å². The maximum atomic E-state index is 5.56. The third kappa shape index (κ3) is 3.52. The van der Waals surface area contributed by atoms with Crippen LogP contribution >= 0.6 is 0 Å². The van der Waals surface area contributed by atoms with Gasteiger partial charge in [0.2, 0.25) is 0 Å². The van der Waals surface area contributed by atoms with Crippen LogP contribution in [0, 0.1) is 0 Å². The van der Waals surface area contributed by atoms with Crippen molar-refractivity contribution in [3.8, 4) is 0 Å². The van der Waals surface area contributed by atoms with Gasteiger partial charge < -0.3 is 14.2 Å². The van der Waals surface area contributed by atoms with E-state index < -0.39 is 0 Å². The van der Waals surface area contributed by atoms with Gasteiger partial charge in [0.15, 0.2) is 6.29 Å². The fourth-order valence-corrected chi connectivity index (χ4v) is 1.02. The van der Waals surface area contributed by atoms with E-state index in [9.17, 15) is 0 Å². The predicted molar refractivity (Wildman–Crippen MR) is 46.0 cm³/mol. The van der Waals surface area contributed by atoms with Crippen molar-refractivity contribution in [3.05, 3.63) is 0 Å². The van der Waals surface area contributed by atoms with E-state index in [2.05, 4.69) is 0 Å². The number of hydrogen-bond donors (Lipinski definition) is 0. The molecule has 1 saturated heterocycles. The van der Waals surface area contributed by atoms with E-state index in [1.54, 1.807) is 0 Å². The third-order valence-electron chi connectivity index (χ3n) is 1.60. The van der Waals surface area contributed by atoms with Crippen LogP contribution in [0.15, 0.2) is 0 Å². The van der Waals surface area contributed by atoms with Crippen LogP contribution in [-0.4, -0.2) is 31.2 Å². The molecule has 1 heterocycles. The molecule has 0 radical (unpaired) electrons. The van der Waals surface area contributed by atoms with E-state index in [1.807, 2.05) is 27.7 Å². The Bertz CT molecular complexity index is 139. The Morgan fingerprint density at radius 3 is 2.50 bits per heavy atom. The second kappa shape index (κ2) is 3.73. The van der Waals surface area contributed by atoms with Gasteiger partial charge in [-0.25, -0.2) is 0 Å². The maximum absolute atomic E-state index is 5.56. The number of ether oxygens (including phenoxy) is 3. The van der Waals surface area contributed by atoms with Crippen LogP contribution in [0.5, 0.6) is 0 Å². The quantitative estimate of drug-likeness (QED) is 0.636. The van der Waals surface area contributed by atoms with E-state index >= 15 is 0 Å². The predicted octanol–water partition coefficient (Wildman–Crippen LogP) is 1.56. The Hall–Kier alpha value is -0.120. The SMILES string of the molecule is CC1OCC(COC(C)(C)C)O1. The summed E-state index contributed by atoms with van der Waals surface area (Å²) in [6.45, 7) is 9.27. The van der Waals surface area contributed by atoms with Crippen LogP contribution in [0.25, 0.3) is 0 Å². The smallest absolute Gasteiger partial charge is 0.155 e. The number of hydrogen-bond acceptors (Lipinski definition) is 3. The molecule has 0 spiro atoms. The maximum Gasteiger partial charge on any atom is 0.155 e. The Balaban J connectivity index is 2.16. The zero-order valence-corrected chi connectivity index (χ0v) is 8.29. The van der Waals surface area contributed by atoms with E-state index in [1.165, 1.54) is 0 Å². The van der Waals surface area contributed by atoms with Gasteiger partial charge in [0.1, 0.15) is 6.10 Å². The molecule has 0 saturated carbocycles. The van der Waals surface area contributed by atoms with Crippen molar-refractivity contribution >= 4 is 0 Å². The minimum absolute atomic E-state index is 0.0708. The molecule has 2 unspecified atom stereocenters. The first-order valence-electron chi connectivity index (χ1n) is 4.38. The highest BCUT2D eigenvalue weighted by Crippen LogP contribution is 2.14. The van der Waals surface area contributed by atoms with Gasteiger partial charge in [-0.1, -0.05) is 0 Å². The molecule has 1 fully saturated rings. The molecule has 72 valence electrons. The standard InChI is InChI=1S/C9H18O3/c1-7-10-5-8(12-7)6-11-9(2,3)4/h7-8H,5-6H2,1-4H3. The molecule has 0 aromatic heterocycles. The first-order chi connectivity index (χ1) is 5.47. The molecule has 3 heteroatoms. The van der Waals surface area contributed by atoms with Gasteiger partial charge >= 0.3 is 0 Å². The van der Waals surface area contributed by atoms with Gasteiger partial charge in [-0.2, -0.15) is 0 Å². The molecule has 0 amide bonds. The highest BCUT2D eigenvalue weighted by Gasteiger charge is 2.24. The summed E-state index contributed by atoms with van der Waals surface area (Å²) in [5.41, 5.74) is -0.0881. The Kier molecular flexibility index (Phi) is 3.09. The van der Waals surface area contributed by atoms with E-state index in [-0.39, 0.29) is 18.0 Å². The normalized spacial score (nSPS) is 31.0. The molecule has 12 heavy (non-hydrogen) atoms. The van der Waals surface area contributed by atoms with Gasteiger partial charge in [0, 0.05) is 0 Å². The van der Waals surface area contributed by atoms with Gasteiger partial charge in [-0.05, 0) is 27.7 Å². The van der Waals surface area contributed by atoms with Crippen LogP contribution in [0.2, 0.25) is 0 Å². The van der Waals surface area contributed by atoms with Gasteiger partial charge in [-0.3, -0.25) is 0 Å². The van der Waals surface area contributed by atoms with Crippen LogP contribution in [0.1, 0.15) is 27.7 Å². The summed E-state index contributed by atoms with van der Waals surface area (Å²) in [6.07, 6.45) is 0.0396. The second-order valence-corrected chi connectivity index (χ2v) is 4.08. The van der Waals surface area contributed by atoms with Crippen LogP contribution < -0.4 is 0 Å². The van der Waals surface area contributed by atoms with Crippen molar-refractivity contribution in [1.82, 2.24) is 0 Å². The third-order valence-corrected chi connectivity index (χ3v) is 1.60. The summed E-state index contributed by atoms with van der Waals surface area (Å²) in [4.78, 5) is 0. The molecule has 0 aromatic rings. The summed E-state index contributed by atoms with van der Waals surface area (Å²) in [6, 6.07) is 0. The molecule has 0 bridgehead atoms. The van der Waals surface area contributed by atoms with Crippen molar-refractivity contribution in [2.45, 2.75) is 45.7 Å². The van der Waals surface area contributed by atoms with Gasteiger partial charge in [-0.15, -0.1) is 0 Å². The topological polar surface area (TPSA) is 27.7 Å². The second-order valence-electron chi connectivity index (χ2n) is 4.08. The lowest BCUT2D eigenvalue weighted by Crippen LogP contribution is -2.27. The average molecular weight is 174 g/mol. The highest BCUT2D eigenvalue weighted by atomic mass is 16.7. The molecule has 0 N–H and O–H groups in total. The monoisotopic (exact) mass is 174 g/mol. The van der Waals surface area contributed by atoms with Crippen molar-refractivity contribution in [1.29, 1.82) is 0 Å². The minimum Gasteiger partial charge on any atom is -0.373 e. The van der Waals surface area contributed by atoms with Crippen molar-refractivity contribution in [2.24, 2.45) is 0 Å². The van der Waals surface area contributed by atoms with Crippen molar-refractivity contribution in [2.75, 3.05) is 13.2 Å². The van der Waals surface area contributed by atoms with Crippen molar-refractivity contribution < 1.29 is 14.2 Å². The average Bonchev–Trinajstić information content (AvgIpc) is 2.30. The summed E-state index contributed by atoms with van der Waals surface area (Å²) in [5.74, 6) is 0. The van der Waals surface area contributed by atoms with E-state index in [0.717, 1.165) is 0 Å². The first-order valence-corrected chi connectivity index (χ1v) is 4.38. The fraction of sp³-hybridized carbons (Fsp3) is 1.00. The number of rotatable bonds is 2. The summed E-state index contributed by atoms with van der Waals surface area (Å²) in [7, 11) is 0. The molecule has 1 rings (SSSR count). The fourth-order valence-electron chi connectivity index (χ4n) is 1.02. The Morgan fingerprint density at radius 1 is 1.42 bits per heavy atom. The lowest BCUT2D eigenvalue weighted by molar-refractivity contribution is -0.0830. The molecule has 0 aliphatic carbocycles. The Morgan fingerprint density at radius 2 is 2.08 bits per heavy atom. The lowest BCUT2D eigenvalue weighted by Gasteiger charge is -2.21. The van der Waals surface area contributed by atoms with E-state index in [4.69, 9.17) is 14.2 Å². The van der Waals surface area contributed by atoms with E-state index in [0.29, 0.717) is 13.2 Å². The molecule has 2 atom stereocenters. The van der Waals surface area contributed by atoms with Gasteiger partial charge in [0.05, 0.1) is 18.8 Å². The molecule has 3 nitrogen and oxygen atoms in total. The summed E-state index contributed by atoms with van der Waals surface area (Å²) in [5, 5.41) is 0.